The number of likely N-dealkylation sites (N-methyl/N-ethyl adjacent to an activating group) is 1. The number of benzene rings is 1. The molecule has 1 aromatic carbocycles. The summed E-state index contributed by atoms with van der Waals surface area (Å²) in [5.41, 5.74) is 1.43. The van der Waals surface area contributed by atoms with Gasteiger partial charge < -0.3 is 10.0 Å². The molecule has 2 rings (SSSR count). The van der Waals surface area contributed by atoms with Gasteiger partial charge in [-0.15, -0.1) is 0 Å². The number of hydrogen-bond donors (Lipinski definition) is 1. The molecular weight excluding hydrogens is 246 g/mol. The van der Waals surface area contributed by atoms with Crippen molar-refractivity contribution in [3.8, 4) is 0 Å². The van der Waals surface area contributed by atoms with Crippen LogP contribution in [-0.4, -0.2) is 35.7 Å². The second-order valence-corrected chi connectivity index (χ2v) is 6.51. The Morgan fingerprint density at radius 3 is 2.60 bits per heavy atom. The van der Waals surface area contributed by atoms with E-state index in [-0.39, 0.29) is 6.10 Å². The molecule has 1 N–H and O–H groups in total. The molecule has 1 aromatic rings. The third kappa shape index (κ3) is 3.83. The van der Waals surface area contributed by atoms with Gasteiger partial charge in [0, 0.05) is 12.6 Å². The Hall–Kier alpha value is -0.860. The average Bonchev–Trinajstić information content (AvgIpc) is 2.48. The lowest BCUT2D eigenvalue weighted by atomic mass is 9.79. The largest absolute Gasteiger partial charge is 0.391 e. The van der Waals surface area contributed by atoms with E-state index in [9.17, 15) is 5.11 Å². The van der Waals surface area contributed by atoms with Crippen molar-refractivity contribution in [2.75, 3.05) is 13.6 Å². The molecule has 0 heterocycles. The Morgan fingerprint density at radius 2 is 1.95 bits per heavy atom. The molecule has 4 atom stereocenters. The highest BCUT2D eigenvalue weighted by molar-refractivity contribution is 5.20. The second kappa shape index (κ2) is 7.24. The van der Waals surface area contributed by atoms with Crippen LogP contribution in [0.25, 0.3) is 0 Å². The van der Waals surface area contributed by atoms with E-state index in [4.69, 9.17) is 0 Å². The Bertz CT molecular complexity index is 392. The lowest BCUT2D eigenvalue weighted by Gasteiger charge is -2.40. The van der Waals surface area contributed by atoms with Crippen LogP contribution in [0.4, 0.5) is 0 Å². The van der Waals surface area contributed by atoms with E-state index in [1.165, 1.54) is 12.0 Å². The topological polar surface area (TPSA) is 23.5 Å². The third-order valence-corrected chi connectivity index (χ3v) is 4.91. The van der Waals surface area contributed by atoms with Crippen LogP contribution in [0, 0.1) is 5.92 Å². The minimum absolute atomic E-state index is 0.163. The summed E-state index contributed by atoms with van der Waals surface area (Å²) in [7, 11) is 2.17. The van der Waals surface area contributed by atoms with Gasteiger partial charge in [-0.2, -0.15) is 0 Å². The predicted molar refractivity (Wildman–Crippen MR) is 84.9 cm³/mol. The van der Waals surface area contributed by atoms with Crippen molar-refractivity contribution in [3.05, 3.63) is 35.9 Å². The van der Waals surface area contributed by atoms with Gasteiger partial charge in [-0.3, -0.25) is 0 Å². The SMILES string of the molecule is CCC(C)CN(C)C1CC(c2ccccc2)CCC1O. The molecule has 0 bridgehead atoms. The molecule has 4 unspecified atom stereocenters. The van der Waals surface area contributed by atoms with Gasteiger partial charge in [-0.05, 0) is 43.7 Å². The maximum atomic E-state index is 10.3. The van der Waals surface area contributed by atoms with E-state index >= 15 is 0 Å². The zero-order valence-corrected chi connectivity index (χ0v) is 13.1. The van der Waals surface area contributed by atoms with E-state index in [0.717, 1.165) is 25.8 Å². The predicted octanol–water partition coefficient (Wildman–Crippen LogP) is 3.66. The molecular formula is C18H29NO. The molecule has 20 heavy (non-hydrogen) atoms. The number of rotatable bonds is 5. The van der Waals surface area contributed by atoms with Gasteiger partial charge in [0.2, 0.25) is 0 Å². The molecule has 1 aliphatic carbocycles. The Labute approximate surface area is 123 Å². The minimum atomic E-state index is -0.163. The van der Waals surface area contributed by atoms with E-state index in [2.05, 4.69) is 56.1 Å². The standard InChI is InChI=1S/C18H29NO/c1-4-14(2)13-19(3)17-12-16(10-11-18(17)20)15-8-6-5-7-9-15/h5-9,14,16-18,20H,4,10-13H2,1-3H3. The highest BCUT2D eigenvalue weighted by Gasteiger charge is 2.32. The summed E-state index contributed by atoms with van der Waals surface area (Å²) in [4.78, 5) is 2.38. The molecule has 1 fully saturated rings. The first-order chi connectivity index (χ1) is 9.61. The Kier molecular flexibility index (Phi) is 5.62. The van der Waals surface area contributed by atoms with Gasteiger partial charge in [0.05, 0.1) is 6.10 Å². The van der Waals surface area contributed by atoms with Gasteiger partial charge in [0.15, 0.2) is 0 Å². The number of aliphatic hydroxyl groups is 1. The number of nitrogens with zero attached hydrogens (tertiary/aromatic N) is 1. The lowest BCUT2D eigenvalue weighted by molar-refractivity contribution is 0.0200. The van der Waals surface area contributed by atoms with Gasteiger partial charge in [-0.25, -0.2) is 0 Å². The van der Waals surface area contributed by atoms with Crippen LogP contribution in [0.5, 0.6) is 0 Å². The van der Waals surface area contributed by atoms with Gasteiger partial charge in [0.1, 0.15) is 0 Å². The minimum Gasteiger partial charge on any atom is -0.391 e. The summed E-state index contributed by atoms with van der Waals surface area (Å²) < 4.78 is 0. The summed E-state index contributed by atoms with van der Waals surface area (Å²) >= 11 is 0. The zero-order chi connectivity index (χ0) is 14.5. The Morgan fingerprint density at radius 1 is 1.25 bits per heavy atom. The zero-order valence-electron chi connectivity index (χ0n) is 13.1. The lowest BCUT2D eigenvalue weighted by Crippen LogP contribution is -2.46. The average molecular weight is 275 g/mol. The summed E-state index contributed by atoms with van der Waals surface area (Å²) in [5, 5.41) is 10.3. The fourth-order valence-corrected chi connectivity index (χ4v) is 3.39. The summed E-state index contributed by atoms with van der Waals surface area (Å²) in [5.74, 6) is 1.30. The van der Waals surface area contributed by atoms with Gasteiger partial charge >= 0.3 is 0 Å². The monoisotopic (exact) mass is 275 g/mol. The molecule has 2 nitrogen and oxygen atoms in total. The van der Waals surface area contributed by atoms with Crippen molar-refractivity contribution in [2.24, 2.45) is 5.92 Å². The summed E-state index contributed by atoms with van der Waals surface area (Å²) in [6, 6.07) is 11.1. The van der Waals surface area contributed by atoms with Crippen molar-refractivity contribution in [1.29, 1.82) is 0 Å². The third-order valence-electron chi connectivity index (χ3n) is 4.91. The van der Waals surface area contributed by atoms with Crippen molar-refractivity contribution < 1.29 is 5.11 Å². The Balaban J connectivity index is 2.01. The fourth-order valence-electron chi connectivity index (χ4n) is 3.39. The molecule has 0 amide bonds. The first-order valence-electron chi connectivity index (χ1n) is 8.05. The van der Waals surface area contributed by atoms with Crippen LogP contribution in [0.15, 0.2) is 30.3 Å². The van der Waals surface area contributed by atoms with Crippen LogP contribution in [0.1, 0.15) is 51.0 Å². The highest BCUT2D eigenvalue weighted by atomic mass is 16.3. The van der Waals surface area contributed by atoms with Crippen molar-refractivity contribution in [3.63, 3.8) is 0 Å². The van der Waals surface area contributed by atoms with Crippen LogP contribution in [0.3, 0.4) is 0 Å². The van der Waals surface area contributed by atoms with Crippen LogP contribution < -0.4 is 0 Å². The summed E-state index contributed by atoms with van der Waals surface area (Å²) in [6.45, 7) is 5.61. The second-order valence-electron chi connectivity index (χ2n) is 6.51. The van der Waals surface area contributed by atoms with E-state index in [1.54, 1.807) is 0 Å². The smallest absolute Gasteiger partial charge is 0.0695 e. The number of hydrogen-bond acceptors (Lipinski definition) is 2. The first kappa shape index (κ1) is 15.5. The molecule has 0 radical (unpaired) electrons. The first-order valence-corrected chi connectivity index (χ1v) is 8.05. The van der Waals surface area contributed by atoms with Crippen LogP contribution in [-0.2, 0) is 0 Å². The van der Waals surface area contributed by atoms with Crippen LogP contribution in [0.2, 0.25) is 0 Å². The molecule has 0 saturated heterocycles. The molecule has 1 aliphatic rings. The normalized spacial score (nSPS) is 28.6. The molecule has 0 spiro atoms. The van der Waals surface area contributed by atoms with E-state index in [1.807, 2.05) is 0 Å². The van der Waals surface area contributed by atoms with Crippen LogP contribution >= 0.6 is 0 Å². The van der Waals surface area contributed by atoms with E-state index in [0.29, 0.717) is 17.9 Å². The molecule has 112 valence electrons. The summed E-state index contributed by atoms with van der Waals surface area (Å²) in [6.07, 6.45) is 4.16. The van der Waals surface area contributed by atoms with E-state index < -0.39 is 0 Å². The van der Waals surface area contributed by atoms with Gasteiger partial charge in [-0.1, -0.05) is 50.6 Å². The fraction of sp³-hybridized carbons (Fsp3) is 0.667. The molecule has 0 aliphatic heterocycles. The molecule has 1 saturated carbocycles. The molecule has 2 heteroatoms. The number of aliphatic hydroxyl groups excluding tert-OH is 1. The maximum absolute atomic E-state index is 10.3. The highest BCUT2D eigenvalue weighted by Crippen LogP contribution is 2.35. The van der Waals surface area contributed by atoms with Gasteiger partial charge in [0.25, 0.3) is 0 Å². The van der Waals surface area contributed by atoms with Crippen molar-refractivity contribution in [1.82, 2.24) is 4.90 Å². The maximum Gasteiger partial charge on any atom is 0.0695 e. The molecule has 0 aromatic heterocycles. The van der Waals surface area contributed by atoms with Crippen molar-refractivity contribution >= 4 is 0 Å². The van der Waals surface area contributed by atoms with Crippen molar-refractivity contribution in [2.45, 2.75) is 57.6 Å². The quantitative estimate of drug-likeness (QED) is 0.886.